The molecule has 0 radical (unpaired) electrons. The summed E-state index contributed by atoms with van der Waals surface area (Å²) in [6.45, 7) is 9.44. The van der Waals surface area contributed by atoms with E-state index in [9.17, 15) is 0 Å². The largest absolute Gasteiger partial charge is 0.0625 e. The Balaban J connectivity index is 1.55. The molecule has 1 atom stereocenters. The first kappa shape index (κ1) is 19.7. The summed E-state index contributed by atoms with van der Waals surface area (Å²) in [5, 5.41) is 0. The fourth-order valence-electron chi connectivity index (χ4n) is 5.49. The monoisotopic (exact) mass is 374 g/mol. The van der Waals surface area contributed by atoms with Crippen molar-refractivity contribution in [2.75, 3.05) is 0 Å². The molecule has 1 fully saturated rings. The van der Waals surface area contributed by atoms with E-state index in [1.54, 1.807) is 22.3 Å². The summed E-state index contributed by atoms with van der Waals surface area (Å²) < 4.78 is 0. The molecule has 0 N–H and O–H groups in total. The smallest absolute Gasteiger partial charge is 0.00951 e. The molecule has 1 unspecified atom stereocenters. The van der Waals surface area contributed by atoms with Crippen LogP contribution in [-0.4, -0.2) is 0 Å². The van der Waals surface area contributed by atoms with Gasteiger partial charge in [0.1, 0.15) is 0 Å². The van der Waals surface area contributed by atoms with Crippen LogP contribution in [0.3, 0.4) is 0 Å². The van der Waals surface area contributed by atoms with Gasteiger partial charge < -0.3 is 0 Å². The van der Waals surface area contributed by atoms with Crippen LogP contribution in [0.5, 0.6) is 0 Å². The number of rotatable bonds is 4. The molecule has 2 aliphatic carbocycles. The van der Waals surface area contributed by atoms with E-state index in [2.05, 4.69) is 70.2 Å². The van der Waals surface area contributed by atoms with Gasteiger partial charge in [0.05, 0.1) is 0 Å². The molecule has 4 rings (SSSR count). The number of fused-ring (bicyclic) bond motifs is 2. The molecule has 0 spiro atoms. The lowest BCUT2D eigenvalue weighted by molar-refractivity contribution is 0.271. The van der Waals surface area contributed by atoms with E-state index in [1.807, 2.05) is 0 Å². The molecule has 0 heterocycles. The van der Waals surface area contributed by atoms with Crippen LogP contribution in [0, 0.1) is 11.8 Å². The van der Waals surface area contributed by atoms with Gasteiger partial charge >= 0.3 is 0 Å². The Kier molecular flexibility index (Phi) is 5.68. The quantitative estimate of drug-likeness (QED) is 0.508. The van der Waals surface area contributed by atoms with Gasteiger partial charge in [-0.2, -0.15) is 0 Å². The Morgan fingerprint density at radius 3 is 2.29 bits per heavy atom. The Morgan fingerprint density at radius 1 is 0.821 bits per heavy atom. The van der Waals surface area contributed by atoms with Crippen LogP contribution in [0.2, 0.25) is 0 Å². The number of hydrogen-bond acceptors (Lipinski definition) is 0. The first-order valence-corrected chi connectivity index (χ1v) is 11.6. The summed E-state index contributed by atoms with van der Waals surface area (Å²) in [5.41, 5.74) is 8.02. The van der Waals surface area contributed by atoms with Gasteiger partial charge in [0.25, 0.3) is 0 Å². The molecule has 0 aliphatic heterocycles. The minimum atomic E-state index is 0.218. The molecule has 2 aliphatic rings. The Bertz CT molecular complexity index is 799. The third kappa shape index (κ3) is 4.22. The minimum Gasteiger partial charge on any atom is -0.0625 e. The fourth-order valence-corrected chi connectivity index (χ4v) is 5.49. The molecule has 150 valence electrons. The highest BCUT2D eigenvalue weighted by Crippen LogP contribution is 2.42. The van der Waals surface area contributed by atoms with Crippen LogP contribution in [0.25, 0.3) is 0 Å². The Labute approximate surface area is 172 Å². The molecular weight excluding hydrogens is 336 g/mol. The second kappa shape index (κ2) is 8.05. The van der Waals surface area contributed by atoms with Gasteiger partial charge in [0.2, 0.25) is 0 Å². The van der Waals surface area contributed by atoms with Gasteiger partial charge in [0, 0.05) is 5.92 Å². The number of hydrogen-bond donors (Lipinski definition) is 0. The zero-order valence-corrected chi connectivity index (χ0v) is 18.4. The summed E-state index contributed by atoms with van der Waals surface area (Å²) >= 11 is 0. The number of benzene rings is 2. The predicted octanol–water partition coefficient (Wildman–Crippen LogP) is 8.02. The maximum absolute atomic E-state index is 2.54. The molecule has 0 nitrogen and oxygen atoms in total. The zero-order valence-electron chi connectivity index (χ0n) is 18.4. The van der Waals surface area contributed by atoms with Crippen molar-refractivity contribution in [2.45, 2.75) is 90.4 Å². The van der Waals surface area contributed by atoms with Crippen molar-refractivity contribution in [1.82, 2.24) is 0 Å². The van der Waals surface area contributed by atoms with Crippen molar-refractivity contribution in [3.8, 4) is 0 Å². The molecule has 0 aromatic heterocycles. The summed E-state index contributed by atoms with van der Waals surface area (Å²) in [7, 11) is 0. The molecule has 2 aromatic rings. The first-order chi connectivity index (χ1) is 13.4. The van der Waals surface area contributed by atoms with Gasteiger partial charge in [-0.3, -0.25) is 0 Å². The van der Waals surface area contributed by atoms with E-state index in [0.717, 1.165) is 18.3 Å². The van der Waals surface area contributed by atoms with Crippen LogP contribution < -0.4 is 0 Å². The van der Waals surface area contributed by atoms with Crippen molar-refractivity contribution >= 4 is 0 Å². The van der Waals surface area contributed by atoms with Crippen molar-refractivity contribution < 1.29 is 0 Å². The van der Waals surface area contributed by atoms with Gasteiger partial charge in [-0.05, 0) is 57.9 Å². The second-order valence-electron chi connectivity index (χ2n) is 10.6. The van der Waals surface area contributed by atoms with Gasteiger partial charge in [-0.1, -0.05) is 109 Å². The highest BCUT2D eigenvalue weighted by atomic mass is 14.3. The van der Waals surface area contributed by atoms with E-state index in [4.69, 9.17) is 0 Å². The van der Waals surface area contributed by atoms with Gasteiger partial charge in [-0.25, -0.2) is 0 Å². The SMILES string of the molecule is CC1CCC(CCCC2c3ccccc3Cc3ccc(C(C)(C)C)cc32)CC1. The molecule has 0 bridgehead atoms. The lowest BCUT2D eigenvalue weighted by atomic mass is 9.73. The Hall–Kier alpha value is -1.56. The average molecular weight is 375 g/mol. The standard InChI is InChI=1S/C28H38/c1-20-12-14-21(15-13-20)8-7-11-26-25-10-6-5-9-22(25)18-23-16-17-24(19-27(23)26)28(2,3)4/h5-6,9-10,16-17,19-21,26H,7-8,11-15,18H2,1-4H3. The molecule has 1 saturated carbocycles. The van der Waals surface area contributed by atoms with E-state index >= 15 is 0 Å². The predicted molar refractivity (Wildman–Crippen MR) is 121 cm³/mol. The highest BCUT2D eigenvalue weighted by Gasteiger charge is 2.27. The maximum Gasteiger partial charge on any atom is 0.00951 e. The van der Waals surface area contributed by atoms with E-state index in [-0.39, 0.29) is 5.41 Å². The van der Waals surface area contributed by atoms with Crippen molar-refractivity contribution in [1.29, 1.82) is 0 Å². The van der Waals surface area contributed by atoms with Crippen LogP contribution in [-0.2, 0) is 11.8 Å². The average Bonchev–Trinajstić information content (AvgIpc) is 2.68. The highest BCUT2D eigenvalue weighted by molar-refractivity contribution is 5.51. The lowest BCUT2D eigenvalue weighted by Crippen LogP contribution is -2.18. The molecular formula is C28H38. The lowest BCUT2D eigenvalue weighted by Gasteiger charge is -2.32. The van der Waals surface area contributed by atoms with Crippen LogP contribution in [0.15, 0.2) is 42.5 Å². The maximum atomic E-state index is 2.54. The van der Waals surface area contributed by atoms with Crippen molar-refractivity contribution in [3.63, 3.8) is 0 Å². The topological polar surface area (TPSA) is 0 Å². The fraction of sp³-hybridized carbons (Fsp3) is 0.571. The van der Waals surface area contributed by atoms with Crippen molar-refractivity contribution in [3.05, 3.63) is 70.3 Å². The third-order valence-electron chi connectivity index (χ3n) is 7.44. The summed E-state index contributed by atoms with van der Waals surface area (Å²) in [6.07, 6.45) is 11.1. The summed E-state index contributed by atoms with van der Waals surface area (Å²) in [4.78, 5) is 0. The molecule has 0 amide bonds. The van der Waals surface area contributed by atoms with Gasteiger partial charge in [0.15, 0.2) is 0 Å². The zero-order chi connectivity index (χ0) is 19.7. The molecule has 0 heteroatoms. The van der Waals surface area contributed by atoms with Crippen LogP contribution in [0.1, 0.15) is 106 Å². The minimum absolute atomic E-state index is 0.218. The van der Waals surface area contributed by atoms with E-state index in [0.29, 0.717) is 5.92 Å². The van der Waals surface area contributed by atoms with Crippen molar-refractivity contribution in [2.24, 2.45) is 11.8 Å². The Morgan fingerprint density at radius 2 is 1.54 bits per heavy atom. The summed E-state index contributed by atoms with van der Waals surface area (Å²) in [6, 6.07) is 16.5. The van der Waals surface area contributed by atoms with E-state index < -0.39 is 0 Å². The van der Waals surface area contributed by atoms with Crippen LogP contribution in [0.4, 0.5) is 0 Å². The third-order valence-corrected chi connectivity index (χ3v) is 7.44. The normalized spacial score (nSPS) is 24.5. The van der Waals surface area contributed by atoms with Crippen LogP contribution >= 0.6 is 0 Å². The van der Waals surface area contributed by atoms with Gasteiger partial charge in [-0.15, -0.1) is 0 Å². The molecule has 2 aromatic carbocycles. The molecule has 0 saturated heterocycles. The molecule has 28 heavy (non-hydrogen) atoms. The second-order valence-corrected chi connectivity index (χ2v) is 10.6. The summed E-state index contributed by atoms with van der Waals surface area (Å²) in [5.74, 6) is 2.53. The first-order valence-electron chi connectivity index (χ1n) is 11.6. The van der Waals surface area contributed by atoms with E-state index in [1.165, 1.54) is 50.5 Å².